The summed E-state index contributed by atoms with van der Waals surface area (Å²) in [5.41, 5.74) is 0.895. The zero-order chi connectivity index (χ0) is 12.7. The molecular formula is C13H16ClNO2. The van der Waals surface area contributed by atoms with E-state index in [1.54, 1.807) is 25.3 Å². The van der Waals surface area contributed by atoms with Crippen LogP contribution in [-0.4, -0.2) is 25.7 Å². The summed E-state index contributed by atoms with van der Waals surface area (Å²) in [6, 6.07) is 7.31. The van der Waals surface area contributed by atoms with Gasteiger partial charge >= 0.3 is 0 Å². The minimum atomic E-state index is -0.144. The van der Waals surface area contributed by atoms with E-state index in [1.807, 2.05) is 19.1 Å². The van der Waals surface area contributed by atoms with E-state index >= 15 is 0 Å². The van der Waals surface area contributed by atoms with Crippen LogP contribution in [-0.2, 0) is 9.53 Å². The van der Waals surface area contributed by atoms with Crippen molar-refractivity contribution in [1.82, 2.24) is 5.32 Å². The van der Waals surface area contributed by atoms with Crippen LogP contribution in [0.5, 0.6) is 0 Å². The number of ether oxygens (including phenoxy) is 1. The van der Waals surface area contributed by atoms with E-state index in [0.717, 1.165) is 5.56 Å². The van der Waals surface area contributed by atoms with Gasteiger partial charge in [0.25, 0.3) is 0 Å². The highest BCUT2D eigenvalue weighted by atomic mass is 35.5. The van der Waals surface area contributed by atoms with Gasteiger partial charge in [0.05, 0.1) is 6.61 Å². The van der Waals surface area contributed by atoms with E-state index in [9.17, 15) is 4.79 Å². The average Bonchev–Trinajstić information content (AvgIpc) is 2.27. The van der Waals surface area contributed by atoms with Crippen LogP contribution < -0.4 is 5.32 Å². The molecule has 0 spiro atoms. The normalized spacial score (nSPS) is 12.6. The summed E-state index contributed by atoms with van der Waals surface area (Å²) < 4.78 is 4.93. The third-order valence-electron chi connectivity index (χ3n) is 2.08. The predicted octanol–water partition coefficient (Wildman–Crippen LogP) is 2.50. The van der Waals surface area contributed by atoms with Crippen molar-refractivity contribution in [3.05, 3.63) is 40.9 Å². The Morgan fingerprint density at radius 2 is 2.35 bits per heavy atom. The lowest BCUT2D eigenvalue weighted by Gasteiger charge is -2.10. The monoisotopic (exact) mass is 253 g/mol. The summed E-state index contributed by atoms with van der Waals surface area (Å²) in [6.45, 7) is 2.38. The molecule has 1 aromatic rings. The second-order valence-electron chi connectivity index (χ2n) is 3.75. The SMILES string of the molecule is COCC(C)NC(=O)C=Cc1cccc(Cl)c1. The lowest BCUT2D eigenvalue weighted by atomic mass is 10.2. The van der Waals surface area contributed by atoms with Gasteiger partial charge in [-0.1, -0.05) is 23.7 Å². The zero-order valence-electron chi connectivity index (χ0n) is 9.94. The molecule has 0 bridgehead atoms. The Labute approximate surface area is 106 Å². The number of carbonyl (C=O) groups excluding carboxylic acids is 1. The molecule has 1 rings (SSSR count). The Balaban J connectivity index is 2.51. The van der Waals surface area contributed by atoms with E-state index in [2.05, 4.69) is 5.32 Å². The number of amides is 1. The van der Waals surface area contributed by atoms with Gasteiger partial charge in [0.1, 0.15) is 0 Å². The molecule has 92 valence electrons. The molecule has 0 heterocycles. The number of hydrogen-bond acceptors (Lipinski definition) is 2. The Hall–Kier alpha value is -1.32. The molecule has 1 unspecified atom stereocenters. The summed E-state index contributed by atoms with van der Waals surface area (Å²) in [5, 5.41) is 3.43. The molecule has 0 aliphatic heterocycles. The van der Waals surface area contributed by atoms with Crippen molar-refractivity contribution in [3.8, 4) is 0 Å². The standard InChI is InChI=1S/C13H16ClNO2/c1-10(9-17-2)15-13(16)7-6-11-4-3-5-12(14)8-11/h3-8,10H,9H2,1-2H3,(H,15,16). The molecule has 1 N–H and O–H groups in total. The molecule has 1 amide bonds. The van der Waals surface area contributed by atoms with Gasteiger partial charge in [0.2, 0.25) is 5.91 Å². The lowest BCUT2D eigenvalue weighted by Crippen LogP contribution is -2.34. The second-order valence-corrected chi connectivity index (χ2v) is 4.19. The van der Waals surface area contributed by atoms with Crippen LogP contribution in [0.25, 0.3) is 6.08 Å². The zero-order valence-corrected chi connectivity index (χ0v) is 10.7. The molecular weight excluding hydrogens is 238 g/mol. The first-order valence-corrected chi connectivity index (χ1v) is 5.72. The van der Waals surface area contributed by atoms with E-state index < -0.39 is 0 Å². The Morgan fingerprint density at radius 3 is 3.00 bits per heavy atom. The highest BCUT2D eigenvalue weighted by Crippen LogP contribution is 2.11. The topological polar surface area (TPSA) is 38.3 Å². The maximum atomic E-state index is 11.5. The van der Waals surface area contributed by atoms with Gasteiger partial charge in [-0.3, -0.25) is 4.79 Å². The van der Waals surface area contributed by atoms with Crippen LogP contribution in [0.2, 0.25) is 5.02 Å². The van der Waals surface area contributed by atoms with Gasteiger partial charge in [-0.15, -0.1) is 0 Å². The molecule has 0 aliphatic rings. The van der Waals surface area contributed by atoms with E-state index in [1.165, 1.54) is 6.08 Å². The highest BCUT2D eigenvalue weighted by molar-refractivity contribution is 6.30. The molecule has 0 saturated heterocycles. The number of rotatable bonds is 5. The minimum Gasteiger partial charge on any atom is -0.383 e. The summed E-state index contributed by atoms with van der Waals surface area (Å²) in [6.07, 6.45) is 3.21. The fourth-order valence-corrected chi connectivity index (χ4v) is 1.56. The average molecular weight is 254 g/mol. The minimum absolute atomic E-state index is 0.00323. The predicted molar refractivity (Wildman–Crippen MR) is 70.0 cm³/mol. The first-order chi connectivity index (χ1) is 8.11. The first kappa shape index (κ1) is 13.7. The third-order valence-corrected chi connectivity index (χ3v) is 2.32. The van der Waals surface area contributed by atoms with E-state index in [-0.39, 0.29) is 11.9 Å². The van der Waals surface area contributed by atoms with Crippen molar-refractivity contribution in [2.75, 3.05) is 13.7 Å². The fraction of sp³-hybridized carbons (Fsp3) is 0.308. The van der Waals surface area contributed by atoms with Crippen molar-refractivity contribution in [2.24, 2.45) is 0 Å². The van der Waals surface area contributed by atoms with Crippen molar-refractivity contribution >= 4 is 23.6 Å². The number of halogens is 1. The van der Waals surface area contributed by atoms with Crippen LogP contribution in [0, 0.1) is 0 Å². The number of nitrogens with one attached hydrogen (secondary N) is 1. The first-order valence-electron chi connectivity index (χ1n) is 5.35. The maximum absolute atomic E-state index is 11.5. The smallest absolute Gasteiger partial charge is 0.244 e. The van der Waals surface area contributed by atoms with Gasteiger partial charge in [-0.2, -0.15) is 0 Å². The van der Waals surface area contributed by atoms with E-state index in [0.29, 0.717) is 11.6 Å². The van der Waals surface area contributed by atoms with Crippen molar-refractivity contribution in [1.29, 1.82) is 0 Å². The van der Waals surface area contributed by atoms with Crippen LogP contribution >= 0.6 is 11.6 Å². The molecule has 3 nitrogen and oxygen atoms in total. The largest absolute Gasteiger partial charge is 0.383 e. The number of benzene rings is 1. The van der Waals surface area contributed by atoms with Crippen molar-refractivity contribution in [3.63, 3.8) is 0 Å². The fourth-order valence-electron chi connectivity index (χ4n) is 1.36. The summed E-state index contributed by atoms with van der Waals surface area (Å²) in [5.74, 6) is -0.144. The van der Waals surface area contributed by atoms with Crippen LogP contribution in [0.3, 0.4) is 0 Å². The van der Waals surface area contributed by atoms with Gasteiger partial charge in [-0.25, -0.2) is 0 Å². The number of hydrogen-bond donors (Lipinski definition) is 1. The molecule has 4 heteroatoms. The lowest BCUT2D eigenvalue weighted by molar-refractivity contribution is -0.117. The van der Waals surface area contributed by atoms with Crippen molar-refractivity contribution in [2.45, 2.75) is 13.0 Å². The number of carbonyl (C=O) groups is 1. The summed E-state index contributed by atoms with van der Waals surface area (Å²) in [4.78, 5) is 11.5. The van der Waals surface area contributed by atoms with Crippen LogP contribution in [0.15, 0.2) is 30.3 Å². The second kappa shape index (κ2) is 7.09. The molecule has 17 heavy (non-hydrogen) atoms. The van der Waals surface area contributed by atoms with Gasteiger partial charge < -0.3 is 10.1 Å². The van der Waals surface area contributed by atoms with Gasteiger partial charge in [0, 0.05) is 24.3 Å². The molecule has 0 aliphatic carbocycles. The van der Waals surface area contributed by atoms with Crippen LogP contribution in [0.1, 0.15) is 12.5 Å². The maximum Gasteiger partial charge on any atom is 0.244 e. The quantitative estimate of drug-likeness (QED) is 0.819. The number of methoxy groups -OCH3 is 1. The van der Waals surface area contributed by atoms with Gasteiger partial charge in [0.15, 0.2) is 0 Å². The van der Waals surface area contributed by atoms with E-state index in [4.69, 9.17) is 16.3 Å². The van der Waals surface area contributed by atoms with Crippen molar-refractivity contribution < 1.29 is 9.53 Å². The molecule has 1 atom stereocenters. The summed E-state index contributed by atoms with van der Waals surface area (Å²) >= 11 is 5.83. The Bertz CT molecular complexity index is 404. The Morgan fingerprint density at radius 1 is 1.59 bits per heavy atom. The highest BCUT2D eigenvalue weighted by Gasteiger charge is 2.03. The third kappa shape index (κ3) is 5.52. The molecule has 0 saturated carbocycles. The summed E-state index contributed by atoms with van der Waals surface area (Å²) in [7, 11) is 1.60. The Kier molecular flexibility index (Phi) is 5.73. The molecule has 1 aromatic carbocycles. The molecule has 0 radical (unpaired) electrons. The van der Waals surface area contributed by atoms with Gasteiger partial charge in [-0.05, 0) is 30.7 Å². The molecule has 0 aromatic heterocycles. The van der Waals surface area contributed by atoms with Crippen LogP contribution in [0.4, 0.5) is 0 Å². The molecule has 0 fully saturated rings.